The molecule has 0 aromatic carbocycles. The third-order valence-electron chi connectivity index (χ3n) is 3.80. The Hall–Kier alpha value is -0.890. The lowest BCUT2D eigenvalue weighted by molar-refractivity contribution is 0.508. The molecule has 0 amide bonds. The Bertz CT molecular complexity index is 368. The van der Waals surface area contributed by atoms with E-state index in [1.165, 1.54) is 29.7 Å². The fourth-order valence-electron chi connectivity index (χ4n) is 2.07. The predicted octanol–water partition coefficient (Wildman–Crippen LogP) is 3.07. The molecule has 0 radical (unpaired) electrons. The van der Waals surface area contributed by atoms with Crippen molar-refractivity contribution in [1.29, 1.82) is 0 Å². The van der Waals surface area contributed by atoms with Crippen molar-refractivity contribution in [2.75, 3.05) is 6.54 Å². The summed E-state index contributed by atoms with van der Waals surface area (Å²) in [5.41, 5.74) is 4.18. The van der Waals surface area contributed by atoms with Gasteiger partial charge in [0.2, 0.25) is 0 Å². The molecule has 0 atom stereocenters. The Morgan fingerprint density at radius 3 is 2.56 bits per heavy atom. The number of aliphatic imine (C=N–C) groups is 1. The topological polar surface area (TPSA) is 24.4 Å². The van der Waals surface area contributed by atoms with Gasteiger partial charge >= 0.3 is 0 Å². The lowest BCUT2D eigenvalue weighted by Gasteiger charge is -2.20. The SMILES string of the molecule is CC=C(N=CC1=C(C)C(C)(C)NC1)C1CC1. The van der Waals surface area contributed by atoms with Crippen LogP contribution in [0.5, 0.6) is 0 Å². The second kappa shape index (κ2) is 4.17. The molecule has 0 spiro atoms. The Kier molecular flexibility index (Phi) is 3.02. The van der Waals surface area contributed by atoms with Crippen LogP contribution in [0.4, 0.5) is 0 Å². The van der Waals surface area contributed by atoms with Gasteiger partial charge in [-0.25, -0.2) is 0 Å². The lowest BCUT2D eigenvalue weighted by atomic mass is 9.96. The standard InChI is InChI=1S/C14H22N2/c1-5-13(11-6-7-11)15-8-12-9-16-14(3,4)10(12)2/h5,8,11,16H,6-7,9H2,1-4H3. The van der Waals surface area contributed by atoms with Crippen LogP contribution in [-0.2, 0) is 0 Å². The fraction of sp³-hybridized carbons (Fsp3) is 0.643. The second-order valence-electron chi connectivity index (χ2n) is 5.37. The fourth-order valence-corrected chi connectivity index (χ4v) is 2.07. The zero-order valence-corrected chi connectivity index (χ0v) is 10.8. The van der Waals surface area contributed by atoms with Gasteiger partial charge in [0.25, 0.3) is 0 Å². The molecule has 1 aliphatic heterocycles. The van der Waals surface area contributed by atoms with Crippen LogP contribution >= 0.6 is 0 Å². The van der Waals surface area contributed by atoms with Crippen molar-refractivity contribution in [1.82, 2.24) is 5.32 Å². The van der Waals surface area contributed by atoms with Crippen molar-refractivity contribution >= 4 is 6.21 Å². The number of hydrogen-bond donors (Lipinski definition) is 1. The van der Waals surface area contributed by atoms with Gasteiger partial charge in [0.05, 0.1) is 0 Å². The molecule has 2 heteroatoms. The summed E-state index contributed by atoms with van der Waals surface area (Å²) in [5, 5.41) is 3.50. The van der Waals surface area contributed by atoms with Crippen LogP contribution in [0.15, 0.2) is 27.9 Å². The van der Waals surface area contributed by atoms with Gasteiger partial charge in [-0.1, -0.05) is 6.08 Å². The minimum Gasteiger partial charge on any atom is -0.304 e. The quantitative estimate of drug-likeness (QED) is 0.723. The van der Waals surface area contributed by atoms with Crippen molar-refractivity contribution in [2.24, 2.45) is 10.9 Å². The molecule has 2 aliphatic rings. The van der Waals surface area contributed by atoms with Gasteiger partial charge < -0.3 is 5.32 Å². The normalized spacial score (nSPS) is 25.9. The Labute approximate surface area is 98.5 Å². The van der Waals surface area contributed by atoms with E-state index < -0.39 is 0 Å². The summed E-state index contributed by atoms with van der Waals surface area (Å²) in [4.78, 5) is 4.64. The number of nitrogens with one attached hydrogen (secondary N) is 1. The third-order valence-corrected chi connectivity index (χ3v) is 3.80. The van der Waals surface area contributed by atoms with Crippen LogP contribution in [0, 0.1) is 5.92 Å². The first-order chi connectivity index (χ1) is 7.54. The van der Waals surface area contributed by atoms with Gasteiger partial charge in [0, 0.05) is 29.9 Å². The van der Waals surface area contributed by atoms with E-state index in [9.17, 15) is 0 Å². The van der Waals surface area contributed by atoms with Gasteiger partial charge in [-0.05, 0) is 51.7 Å². The first-order valence-corrected chi connectivity index (χ1v) is 6.20. The zero-order chi connectivity index (χ0) is 11.8. The highest BCUT2D eigenvalue weighted by molar-refractivity contribution is 5.82. The van der Waals surface area contributed by atoms with Crippen LogP contribution in [0.25, 0.3) is 0 Å². The average molecular weight is 218 g/mol. The highest BCUT2D eigenvalue weighted by Crippen LogP contribution is 2.37. The molecule has 0 aromatic heterocycles. The summed E-state index contributed by atoms with van der Waals surface area (Å²) >= 11 is 0. The number of nitrogens with zero attached hydrogens (tertiary/aromatic N) is 1. The molecule has 1 fully saturated rings. The molecule has 0 aromatic rings. The second-order valence-corrected chi connectivity index (χ2v) is 5.37. The molecule has 2 nitrogen and oxygen atoms in total. The van der Waals surface area contributed by atoms with Crippen molar-refractivity contribution in [3.8, 4) is 0 Å². The third kappa shape index (κ3) is 2.27. The molecule has 0 saturated heterocycles. The van der Waals surface area contributed by atoms with E-state index >= 15 is 0 Å². The molecule has 88 valence electrons. The summed E-state index contributed by atoms with van der Waals surface area (Å²) in [5.74, 6) is 0.740. The Morgan fingerprint density at radius 1 is 1.44 bits per heavy atom. The van der Waals surface area contributed by atoms with Crippen LogP contribution in [-0.4, -0.2) is 18.3 Å². The molecule has 16 heavy (non-hydrogen) atoms. The summed E-state index contributed by atoms with van der Waals surface area (Å²) < 4.78 is 0. The largest absolute Gasteiger partial charge is 0.304 e. The monoisotopic (exact) mass is 218 g/mol. The maximum Gasteiger partial charge on any atom is 0.0392 e. The van der Waals surface area contributed by atoms with E-state index in [4.69, 9.17) is 0 Å². The lowest BCUT2D eigenvalue weighted by Crippen LogP contribution is -2.34. The number of rotatable bonds is 3. The highest BCUT2D eigenvalue weighted by atomic mass is 15.0. The van der Waals surface area contributed by atoms with Crippen LogP contribution in [0.3, 0.4) is 0 Å². The molecule has 0 bridgehead atoms. The molecule has 1 aliphatic carbocycles. The molecule has 2 rings (SSSR count). The van der Waals surface area contributed by atoms with Gasteiger partial charge in [0.15, 0.2) is 0 Å². The highest BCUT2D eigenvalue weighted by Gasteiger charge is 2.28. The van der Waals surface area contributed by atoms with E-state index in [-0.39, 0.29) is 5.54 Å². The van der Waals surface area contributed by atoms with Gasteiger partial charge in [-0.2, -0.15) is 0 Å². The zero-order valence-electron chi connectivity index (χ0n) is 10.8. The first kappa shape index (κ1) is 11.6. The minimum atomic E-state index is 0.136. The smallest absolute Gasteiger partial charge is 0.0392 e. The maximum absolute atomic E-state index is 4.64. The number of hydrogen-bond acceptors (Lipinski definition) is 2. The molecule has 1 N–H and O–H groups in total. The summed E-state index contributed by atoms with van der Waals surface area (Å²) in [6, 6.07) is 0. The van der Waals surface area contributed by atoms with E-state index in [1.54, 1.807) is 0 Å². The molecular weight excluding hydrogens is 196 g/mol. The van der Waals surface area contributed by atoms with Crippen molar-refractivity contribution in [2.45, 2.75) is 46.1 Å². The van der Waals surface area contributed by atoms with Crippen molar-refractivity contribution < 1.29 is 0 Å². The van der Waals surface area contributed by atoms with E-state index in [2.05, 4.69) is 50.3 Å². The van der Waals surface area contributed by atoms with Crippen LogP contribution in [0.2, 0.25) is 0 Å². The summed E-state index contributed by atoms with van der Waals surface area (Å²) in [6.45, 7) is 9.68. The number of allylic oxidation sites excluding steroid dienone is 2. The van der Waals surface area contributed by atoms with Crippen LogP contribution < -0.4 is 5.32 Å². The minimum absolute atomic E-state index is 0.136. The maximum atomic E-state index is 4.64. The van der Waals surface area contributed by atoms with E-state index in [0.717, 1.165) is 12.5 Å². The van der Waals surface area contributed by atoms with Gasteiger partial charge in [-0.15, -0.1) is 0 Å². The van der Waals surface area contributed by atoms with E-state index in [1.807, 2.05) is 0 Å². The Balaban J connectivity index is 2.10. The molecule has 1 saturated carbocycles. The molecule has 1 heterocycles. The van der Waals surface area contributed by atoms with Crippen molar-refractivity contribution in [3.05, 3.63) is 22.9 Å². The Morgan fingerprint density at radius 2 is 2.12 bits per heavy atom. The summed E-state index contributed by atoms with van der Waals surface area (Å²) in [7, 11) is 0. The average Bonchev–Trinajstić information content (AvgIpc) is 3.02. The van der Waals surface area contributed by atoms with Gasteiger partial charge in [-0.3, -0.25) is 4.99 Å². The van der Waals surface area contributed by atoms with Crippen LogP contribution in [0.1, 0.15) is 40.5 Å². The van der Waals surface area contributed by atoms with Gasteiger partial charge in [0.1, 0.15) is 0 Å². The van der Waals surface area contributed by atoms with Crippen molar-refractivity contribution in [3.63, 3.8) is 0 Å². The molecular formula is C14H22N2. The summed E-state index contributed by atoms with van der Waals surface area (Å²) in [6.07, 6.45) is 6.85. The molecule has 0 unspecified atom stereocenters. The predicted molar refractivity (Wildman–Crippen MR) is 69.8 cm³/mol. The van der Waals surface area contributed by atoms with E-state index in [0.29, 0.717) is 0 Å². The first-order valence-electron chi connectivity index (χ1n) is 6.20.